The minimum Gasteiger partial charge on any atom is -0.478 e. The monoisotopic (exact) mass is 233 g/mol. The Bertz CT molecular complexity index is 422. The highest BCUT2D eigenvalue weighted by Gasteiger charge is 2.20. The van der Waals surface area contributed by atoms with Crippen LogP contribution in [0.1, 0.15) is 47.3 Å². The quantitative estimate of drug-likeness (QED) is 0.872. The molecule has 1 aromatic rings. The molecule has 0 aliphatic carbocycles. The van der Waals surface area contributed by atoms with Gasteiger partial charge < -0.3 is 5.11 Å². The third-order valence-electron chi connectivity index (χ3n) is 3.66. The van der Waals surface area contributed by atoms with Crippen LogP contribution >= 0.6 is 0 Å². The standard InChI is InChI=1S/C14H19NO2/c1-10-9-12(14(16)17)5-6-13(10)11(2)15-7-3-4-8-15/h5-6,9,11H,3-4,7-8H2,1-2H3,(H,16,17). The molecule has 1 aliphatic rings. The summed E-state index contributed by atoms with van der Waals surface area (Å²) in [5.74, 6) is -0.853. The molecule has 1 fully saturated rings. The van der Waals surface area contributed by atoms with E-state index in [9.17, 15) is 4.79 Å². The third-order valence-corrected chi connectivity index (χ3v) is 3.66. The van der Waals surface area contributed by atoms with Crippen molar-refractivity contribution in [2.45, 2.75) is 32.7 Å². The van der Waals surface area contributed by atoms with Gasteiger partial charge in [-0.25, -0.2) is 4.79 Å². The molecule has 1 heterocycles. The number of carboxylic acid groups (broad SMARTS) is 1. The van der Waals surface area contributed by atoms with E-state index in [1.807, 2.05) is 13.0 Å². The van der Waals surface area contributed by atoms with Crippen molar-refractivity contribution in [1.82, 2.24) is 4.90 Å². The van der Waals surface area contributed by atoms with Gasteiger partial charge in [-0.05, 0) is 63.0 Å². The average Bonchev–Trinajstić information content (AvgIpc) is 2.81. The van der Waals surface area contributed by atoms with E-state index >= 15 is 0 Å². The molecule has 1 N–H and O–H groups in total. The highest BCUT2D eigenvalue weighted by atomic mass is 16.4. The molecular weight excluding hydrogens is 214 g/mol. The summed E-state index contributed by atoms with van der Waals surface area (Å²) in [6, 6.07) is 5.82. The summed E-state index contributed by atoms with van der Waals surface area (Å²) < 4.78 is 0. The van der Waals surface area contributed by atoms with Crippen molar-refractivity contribution in [2.75, 3.05) is 13.1 Å². The molecule has 1 aromatic carbocycles. The van der Waals surface area contributed by atoms with Gasteiger partial charge >= 0.3 is 5.97 Å². The van der Waals surface area contributed by atoms with Gasteiger partial charge in [-0.2, -0.15) is 0 Å². The number of hydrogen-bond acceptors (Lipinski definition) is 2. The van der Waals surface area contributed by atoms with Crippen molar-refractivity contribution in [3.63, 3.8) is 0 Å². The second-order valence-electron chi connectivity index (χ2n) is 4.80. The topological polar surface area (TPSA) is 40.5 Å². The lowest BCUT2D eigenvalue weighted by Gasteiger charge is -2.25. The SMILES string of the molecule is Cc1cc(C(=O)O)ccc1C(C)N1CCCC1. The van der Waals surface area contributed by atoms with E-state index in [0.717, 1.165) is 18.7 Å². The second kappa shape index (κ2) is 4.88. The minimum absolute atomic E-state index is 0.375. The molecule has 3 heteroatoms. The number of rotatable bonds is 3. The van der Waals surface area contributed by atoms with Crippen LogP contribution in [0.3, 0.4) is 0 Å². The first kappa shape index (κ1) is 12.1. The van der Waals surface area contributed by atoms with Crippen molar-refractivity contribution in [2.24, 2.45) is 0 Å². The van der Waals surface area contributed by atoms with Crippen LogP contribution in [0.5, 0.6) is 0 Å². The van der Waals surface area contributed by atoms with Crippen LogP contribution in [0.2, 0.25) is 0 Å². The zero-order valence-electron chi connectivity index (χ0n) is 10.4. The van der Waals surface area contributed by atoms with Crippen molar-refractivity contribution in [3.8, 4) is 0 Å². The number of carboxylic acids is 1. The van der Waals surface area contributed by atoms with Crippen LogP contribution in [0.4, 0.5) is 0 Å². The highest BCUT2D eigenvalue weighted by molar-refractivity contribution is 5.87. The van der Waals surface area contributed by atoms with Gasteiger partial charge in [0, 0.05) is 6.04 Å². The third kappa shape index (κ3) is 2.50. The molecule has 1 atom stereocenters. The predicted octanol–water partition coefficient (Wildman–Crippen LogP) is 2.85. The van der Waals surface area contributed by atoms with E-state index in [1.165, 1.54) is 18.4 Å². The summed E-state index contributed by atoms with van der Waals surface area (Å²) in [5, 5.41) is 8.94. The molecule has 1 saturated heterocycles. The Morgan fingerprint density at radius 2 is 2.00 bits per heavy atom. The summed E-state index contributed by atoms with van der Waals surface area (Å²) in [7, 11) is 0. The summed E-state index contributed by atoms with van der Waals surface area (Å²) in [6.07, 6.45) is 2.55. The smallest absolute Gasteiger partial charge is 0.335 e. The molecule has 17 heavy (non-hydrogen) atoms. The fourth-order valence-electron chi connectivity index (χ4n) is 2.60. The normalized spacial score (nSPS) is 18.2. The van der Waals surface area contributed by atoms with E-state index in [0.29, 0.717) is 11.6 Å². The van der Waals surface area contributed by atoms with Gasteiger partial charge in [0.25, 0.3) is 0 Å². The summed E-state index contributed by atoms with van der Waals surface area (Å²) >= 11 is 0. The zero-order chi connectivity index (χ0) is 12.4. The fraction of sp³-hybridized carbons (Fsp3) is 0.500. The number of nitrogens with zero attached hydrogens (tertiary/aromatic N) is 1. The Morgan fingerprint density at radius 3 is 2.53 bits per heavy atom. The maximum Gasteiger partial charge on any atom is 0.335 e. The Balaban J connectivity index is 2.23. The van der Waals surface area contributed by atoms with Gasteiger partial charge in [-0.3, -0.25) is 4.90 Å². The largest absolute Gasteiger partial charge is 0.478 e. The van der Waals surface area contributed by atoms with E-state index < -0.39 is 5.97 Å². The molecular formula is C14H19NO2. The minimum atomic E-state index is -0.853. The summed E-state index contributed by atoms with van der Waals surface area (Å²) in [6.45, 7) is 6.50. The molecule has 0 bridgehead atoms. The van der Waals surface area contributed by atoms with Gasteiger partial charge in [0.15, 0.2) is 0 Å². The van der Waals surface area contributed by atoms with E-state index in [4.69, 9.17) is 5.11 Å². The van der Waals surface area contributed by atoms with Gasteiger partial charge in [0.05, 0.1) is 5.56 Å². The van der Waals surface area contributed by atoms with E-state index in [-0.39, 0.29) is 0 Å². The summed E-state index contributed by atoms with van der Waals surface area (Å²) in [4.78, 5) is 13.3. The molecule has 1 aliphatic heterocycles. The van der Waals surface area contributed by atoms with Gasteiger partial charge in [-0.1, -0.05) is 6.07 Å². The van der Waals surface area contributed by atoms with Crippen molar-refractivity contribution >= 4 is 5.97 Å². The maximum atomic E-state index is 10.9. The van der Waals surface area contributed by atoms with Crippen LogP contribution in [-0.4, -0.2) is 29.1 Å². The lowest BCUT2D eigenvalue weighted by molar-refractivity contribution is 0.0696. The number of benzene rings is 1. The van der Waals surface area contributed by atoms with Crippen LogP contribution in [0.25, 0.3) is 0 Å². The van der Waals surface area contributed by atoms with E-state index in [2.05, 4.69) is 11.8 Å². The van der Waals surface area contributed by atoms with Crippen LogP contribution in [-0.2, 0) is 0 Å². The molecule has 0 amide bonds. The molecule has 3 nitrogen and oxygen atoms in total. The number of aromatic carboxylic acids is 1. The highest BCUT2D eigenvalue weighted by Crippen LogP contribution is 2.27. The lowest BCUT2D eigenvalue weighted by Crippen LogP contribution is -2.23. The first-order chi connectivity index (χ1) is 8.09. The van der Waals surface area contributed by atoms with Crippen LogP contribution in [0.15, 0.2) is 18.2 Å². The van der Waals surface area contributed by atoms with Crippen molar-refractivity contribution in [3.05, 3.63) is 34.9 Å². The number of likely N-dealkylation sites (tertiary alicyclic amines) is 1. The van der Waals surface area contributed by atoms with Crippen molar-refractivity contribution < 1.29 is 9.90 Å². The molecule has 92 valence electrons. The fourth-order valence-corrected chi connectivity index (χ4v) is 2.60. The van der Waals surface area contributed by atoms with Crippen LogP contribution in [0, 0.1) is 6.92 Å². The van der Waals surface area contributed by atoms with Crippen molar-refractivity contribution in [1.29, 1.82) is 0 Å². The first-order valence-electron chi connectivity index (χ1n) is 6.17. The molecule has 1 unspecified atom stereocenters. The Labute approximate surface area is 102 Å². The average molecular weight is 233 g/mol. The maximum absolute atomic E-state index is 10.9. The lowest BCUT2D eigenvalue weighted by atomic mass is 9.99. The van der Waals surface area contributed by atoms with Gasteiger partial charge in [-0.15, -0.1) is 0 Å². The van der Waals surface area contributed by atoms with Gasteiger partial charge in [0.2, 0.25) is 0 Å². The van der Waals surface area contributed by atoms with E-state index in [1.54, 1.807) is 12.1 Å². The number of hydrogen-bond donors (Lipinski definition) is 1. The van der Waals surface area contributed by atoms with Gasteiger partial charge in [0.1, 0.15) is 0 Å². The Morgan fingerprint density at radius 1 is 1.35 bits per heavy atom. The molecule has 0 radical (unpaired) electrons. The number of aryl methyl sites for hydroxylation is 1. The molecule has 0 aromatic heterocycles. The molecule has 0 spiro atoms. The summed E-state index contributed by atoms with van der Waals surface area (Å²) in [5.41, 5.74) is 2.70. The van der Waals surface area contributed by atoms with Crippen LogP contribution < -0.4 is 0 Å². The first-order valence-corrected chi connectivity index (χ1v) is 6.17. The zero-order valence-corrected chi connectivity index (χ0v) is 10.4. The Hall–Kier alpha value is -1.35. The number of carbonyl (C=O) groups is 1. The molecule has 2 rings (SSSR count). The Kier molecular flexibility index (Phi) is 3.48. The molecule has 0 saturated carbocycles. The second-order valence-corrected chi connectivity index (χ2v) is 4.80. The predicted molar refractivity (Wildman–Crippen MR) is 67.4 cm³/mol.